The van der Waals surface area contributed by atoms with Gasteiger partial charge in [-0.2, -0.15) is 0 Å². The van der Waals surface area contributed by atoms with Crippen LogP contribution in [0.1, 0.15) is 32.3 Å². The standard InChI is InChI=1S/C14H20ClNO2/c1-3-4-9-18-10-12-7-5-6-8-13(12)16-14(17)11(2)15/h5-8,11H,3-4,9-10H2,1-2H3,(H,16,17). The molecule has 1 atom stereocenters. The van der Waals surface area contributed by atoms with E-state index < -0.39 is 5.38 Å². The molecule has 0 saturated heterocycles. The van der Waals surface area contributed by atoms with Crippen molar-refractivity contribution in [3.8, 4) is 0 Å². The van der Waals surface area contributed by atoms with Crippen LogP contribution in [0.15, 0.2) is 24.3 Å². The van der Waals surface area contributed by atoms with Gasteiger partial charge in [0.2, 0.25) is 5.91 Å². The topological polar surface area (TPSA) is 38.3 Å². The maximum absolute atomic E-state index is 11.6. The minimum absolute atomic E-state index is 0.197. The summed E-state index contributed by atoms with van der Waals surface area (Å²) in [6.45, 7) is 5.02. The monoisotopic (exact) mass is 269 g/mol. The molecule has 1 unspecified atom stereocenters. The number of amides is 1. The van der Waals surface area contributed by atoms with Crippen molar-refractivity contribution in [1.29, 1.82) is 0 Å². The number of hydrogen-bond acceptors (Lipinski definition) is 2. The van der Waals surface area contributed by atoms with Crippen molar-refractivity contribution in [3.05, 3.63) is 29.8 Å². The SMILES string of the molecule is CCCCOCc1ccccc1NC(=O)C(C)Cl. The van der Waals surface area contributed by atoms with Crippen LogP contribution in [0, 0.1) is 0 Å². The van der Waals surface area contributed by atoms with E-state index in [2.05, 4.69) is 12.2 Å². The molecule has 0 radical (unpaired) electrons. The number of halogens is 1. The van der Waals surface area contributed by atoms with E-state index in [9.17, 15) is 4.79 Å². The number of alkyl halides is 1. The van der Waals surface area contributed by atoms with Crippen LogP contribution in [0.5, 0.6) is 0 Å². The van der Waals surface area contributed by atoms with Crippen molar-refractivity contribution in [2.24, 2.45) is 0 Å². The summed E-state index contributed by atoms with van der Waals surface area (Å²) in [6, 6.07) is 7.61. The Kier molecular flexibility index (Phi) is 6.76. The molecule has 1 rings (SSSR count). The molecule has 0 aromatic heterocycles. The average molecular weight is 270 g/mol. The lowest BCUT2D eigenvalue weighted by molar-refractivity contribution is -0.115. The van der Waals surface area contributed by atoms with Gasteiger partial charge in [0.15, 0.2) is 0 Å². The summed E-state index contributed by atoms with van der Waals surface area (Å²) in [6.07, 6.45) is 2.16. The first-order valence-electron chi connectivity index (χ1n) is 6.25. The fraction of sp³-hybridized carbons (Fsp3) is 0.500. The highest BCUT2D eigenvalue weighted by Gasteiger charge is 2.11. The lowest BCUT2D eigenvalue weighted by atomic mass is 10.2. The van der Waals surface area contributed by atoms with Gasteiger partial charge in [0.05, 0.1) is 6.61 Å². The molecule has 4 heteroatoms. The van der Waals surface area contributed by atoms with Crippen molar-refractivity contribution in [3.63, 3.8) is 0 Å². The number of hydrogen-bond donors (Lipinski definition) is 1. The largest absolute Gasteiger partial charge is 0.377 e. The molecule has 0 spiro atoms. The first kappa shape index (κ1) is 15.0. The van der Waals surface area contributed by atoms with Crippen LogP contribution in [0.2, 0.25) is 0 Å². The summed E-state index contributed by atoms with van der Waals surface area (Å²) in [5.74, 6) is -0.197. The van der Waals surface area contributed by atoms with Crippen molar-refractivity contribution < 1.29 is 9.53 Å². The molecule has 0 fully saturated rings. The van der Waals surface area contributed by atoms with Gasteiger partial charge in [-0.25, -0.2) is 0 Å². The number of carbonyl (C=O) groups excluding carboxylic acids is 1. The fourth-order valence-electron chi connectivity index (χ4n) is 1.43. The Labute approximate surface area is 113 Å². The first-order chi connectivity index (χ1) is 8.65. The van der Waals surface area contributed by atoms with Gasteiger partial charge in [0.25, 0.3) is 0 Å². The highest BCUT2D eigenvalue weighted by atomic mass is 35.5. The summed E-state index contributed by atoms with van der Waals surface area (Å²) < 4.78 is 5.56. The fourth-order valence-corrected chi connectivity index (χ4v) is 1.48. The van der Waals surface area contributed by atoms with Crippen LogP contribution in [-0.2, 0) is 16.1 Å². The molecule has 1 aromatic rings. The number of rotatable bonds is 7. The second-order valence-electron chi connectivity index (χ2n) is 4.17. The Bertz CT molecular complexity index is 380. The Morgan fingerprint density at radius 3 is 2.83 bits per heavy atom. The van der Waals surface area contributed by atoms with E-state index in [0.717, 1.165) is 30.7 Å². The third-order valence-corrected chi connectivity index (χ3v) is 2.73. The lowest BCUT2D eigenvalue weighted by Crippen LogP contribution is -2.21. The smallest absolute Gasteiger partial charge is 0.242 e. The molecule has 0 heterocycles. The number of carbonyl (C=O) groups is 1. The van der Waals surface area contributed by atoms with Crippen LogP contribution in [0.25, 0.3) is 0 Å². The van der Waals surface area contributed by atoms with Gasteiger partial charge in [0, 0.05) is 17.9 Å². The van der Waals surface area contributed by atoms with Crippen LogP contribution < -0.4 is 5.32 Å². The molecule has 0 bridgehead atoms. The van der Waals surface area contributed by atoms with Gasteiger partial charge in [0.1, 0.15) is 5.38 Å². The van der Waals surface area contributed by atoms with E-state index in [0.29, 0.717) is 6.61 Å². The third-order valence-electron chi connectivity index (χ3n) is 2.54. The number of unbranched alkanes of at least 4 members (excludes halogenated alkanes) is 1. The van der Waals surface area contributed by atoms with Gasteiger partial charge < -0.3 is 10.1 Å². The van der Waals surface area contributed by atoms with E-state index in [4.69, 9.17) is 16.3 Å². The molecular weight excluding hydrogens is 250 g/mol. The van der Waals surface area contributed by atoms with E-state index in [1.165, 1.54) is 0 Å². The van der Waals surface area contributed by atoms with E-state index in [-0.39, 0.29) is 5.91 Å². The molecule has 18 heavy (non-hydrogen) atoms. The third kappa shape index (κ3) is 5.07. The van der Waals surface area contributed by atoms with Gasteiger partial charge in [-0.3, -0.25) is 4.79 Å². The van der Waals surface area contributed by atoms with Crippen LogP contribution in [-0.4, -0.2) is 17.9 Å². The minimum atomic E-state index is -0.543. The van der Waals surface area contributed by atoms with Gasteiger partial charge in [-0.05, 0) is 19.4 Å². The number of para-hydroxylation sites is 1. The van der Waals surface area contributed by atoms with Crippen molar-refractivity contribution >= 4 is 23.2 Å². The lowest BCUT2D eigenvalue weighted by Gasteiger charge is -2.12. The van der Waals surface area contributed by atoms with Crippen LogP contribution in [0.4, 0.5) is 5.69 Å². The zero-order valence-electron chi connectivity index (χ0n) is 10.9. The highest BCUT2D eigenvalue weighted by Crippen LogP contribution is 2.17. The number of nitrogens with one attached hydrogen (secondary N) is 1. The zero-order chi connectivity index (χ0) is 13.4. The van der Waals surface area contributed by atoms with Crippen LogP contribution in [0.3, 0.4) is 0 Å². The molecule has 0 saturated carbocycles. The van der Waals surface area contributed by atoms with Gasteiger partial charge in [-0.15, -0.1) is 11.6 Å². The zero-order valence-corrected chi connectivity index (χ0v) is 11.7. The molecule has 100 valence electrons. The molecule has 3 nitrogen and oxygen atoms in total. The van der Waals surface area contributed by atoms with Crippen molar-refractivity contribution in [2.45, 2.75) is 38.7 Å². The van der Waals surface area contributed by atoms with Crippen molar-refractivity contribution in [2.75, 3.05) is 11.9 Å². The van der Waals surface area contributed by atoms with Gasteiger partial charge >= 0.3 is 0 Å². The molecule has 0 aliphatic rings. The summed E-state index contributed by atoms with van der Waals surface area (Å²) in [7, 11) is 0. The van der Waals surface area contributed by atoms with E-state index in [1.807, 2.05) is 24.3 Å². The first-order valence-corrected chi connectivity index (χ1v) is 6.69. The molecule has 1 N–H and O–H groups in total. The Morgan fingerprint density at radius 2 is 2.17 bits per heavy atom. The normalized spacial score (nSPS) is 12.2. The number of benzene rings is 1. The van der Waals surface area contributed by atoms with Gasteiger partial charge in [-0.1, -0.05) is 31.5 Å². The summed E-state index contributed by atoms with van der Waals surface area (Å²) >= 11 is 5.73. The Hall–Kier alpha value is -1.06. The molecule has 1 amide bonds. The van der Waals surface area contributed by atoms with Crippen molar-refractivity contribution in [1.82, 2.24) is 0 Å². The van der Waals surface area contributed by atoms with E-state index >= 15 is 0 Å². The quantitative estimate of drug-likeness (QED) is 0.607. The predicted molar refractivity (Wildman–Crippen MR) is 75.0 cm³/mol. The summed E-state index contributed by atoms with van der Waals surface area (Å²) in [5, 5.41) is 2.26. The predicted octanol–water partition coefficient (Wildman–Crippen LogP) is 3.57. The Morgan fingerprint density at radius 1 is 1.44 bits per heavy atom. The Balaban J connectivity index is 2.59. The molecule has 0 aliphatic heterocycles. The minimum Gasteiger partial charge on any atom is -0.377 e. The highest BCUT2D eigenvalue weighted by molar-refractivity contribution is 6.32. The maximum atomic E-state index is 11.6. The molecule has 1 aromatic carbocycles. The second-order valence-corrected chi connectivity index (χ2v) is 4.82. The summed E-state index contributed by atoms with van der Waals surface area (Å²) in [4.78, 5) is 11.6. The number of ether oxygens (including phenoxy) is 1. The molecular formula is C14H20ClNO2. The molecule has 0 aliphatic carbocycles. The van der Waals surface area contributed by atoms with Crippen LogP contribution >= 0.6 is 11.6 Å². The summed E-state index contributed by atoms with van der Waals surface area (Å²) in [5.41, 5.74) is 1.74. The second kappa shape index (κ2) is 8.11. The average Bonchev–Trinajstić information content (AvgIpc) is 2.36. The van der Waals surface area contributed by atoms with E-state index in [1.54, 1.807) is 6.92 Å². The maximum Gasteiger partial charge on any atom is 0.242 e. The number of anilines is 1.